The quantitative estimate of drug-likeness (QED) is 0.789. The molecular weight excluding hydrogens is 195 g/mol. The third-order valence-electron chi connectivity index (χ3n) is 2.23. The van der Waals surface area contributed by atoms with Gasteiger partial charge in [0.15, 0.2) is 0 Å². The largest absolute Gasteiger partial charge is 0.390 e. The predicted molar refractivity (Wildman–Crippen MR) is 54.6 cm³/mol. The van der Waals surface area contributed by atoms with Crippen molar-refractivity contribution in [2.75, 3.05) is 0 Å². The van der Waals surface area contributed by atoms with E-state index in [0.717, 1.165) is 5.56 Å². The number of benzene rings is 1. The van der Waals surface area contributed by atoms with Crippen LogP contribution in [0.3, 0.4) is 0 Å². The van der Waals surface area contributed by atoms with E-state index in [1.54, 1.807) is 25.3 Å². The van der Waals surface area contributed by atoms with Crippen molar-refractivity contribution in [2.24, 2.45) is 0 Å². The van der Waals surface area contributed by atoms with Crippen molar-refractivity contribution in [3.05, 3.63) is 41.5 Å². The van der Waals surface area contributed by atoms with E-state index in [-0.39, 0.29) is 12.4 Å². The molecule has 0 amide bonds. The van der Waals surface area contributed by atoms with E-state index in [1.165, 1.54) is 6.07 Å². The highest BCUT2D eigenvalue weighted by molar-refractivity contribution is 5.56. The summed E-state index contributed by atoms with van der Waals surface area (Å²) < 4.78 is 13.0. The molecule has 2 N–H and O–H groups in total. The second kappa shape index (κ2) is 3.82. The lowest BCUT2D eigenvalue weighted by Gasteiger charge is -2.00. The number of hydrogen-bond donors (Lipinski definition) is 2. The van der Waals surface area contributed by atoms with Crippen LogP contribution in [-0.4, -0.2) is 15.1 Å². The molecule has 0 saturated heterocycles. The van der Waals surface area contributed by atoms with Crippen LogP contribution in [-0.2, 0) is 6.61 Å². The lowest BCUT2D eigenvalue weighted by Crippen LogP contribution is -1.86. The number of aliphatic hydroxyl groups is 1. The zero-order chi connectivity index (χ0) is 10.8. The number of hydrogen-bond acceptors (Lipinski definition) is 2. The van der Waals surface area contributed by atoms with Gasteiger partial charge in [-0.25, -0.2) is 9.37 Å². The topological polar surface area (TPSA) is 48.9 Å². The minimum absolute atomic E-state index is 0.0762. The summed E-state index contributed by atoms with van der Waals surface area (Å²) in [4.78, 5) is 7.03. The first kappa shape index (κ1) is 9.86. The van der Waals surface area contributed by atoms with E-state index >= 15 is 0 Å². The first-order chi connectivity index (χ1) is 7.20. The molecule has 2 rings (SSSR count). The number of nitrogens with zero attached hydrogens (tertiary/aromatic N) is 1. The van der Waals surface area contributed by atoms with E-state index in [0.29, 0.717) is 17.1 Å². The monoisotopic (exact) mass is 206 g/mol. The van der Waals surface area contributed by atoms with Gasteiger partial charge in [0.1, 0.15) is 11.6 Å². The van der Waals surface area contributed by atoms with E-state index in [9.17, 15) is 4.39 Å². The lowest BCUT2D eigenvalue weighted by atomic mass is 10.1. The van der Waals surface area contributed by atoms with E-state index in [4.69, 9.17) is 5.11 Å². The highest BCUT2D eigenvalue weighted by atomic mass is 19.1. The van der Waals surface area contributed by atoms with Crippen molar-refractivity contribution in [1.29, 1.82) is 0 Å². The first-order valence-corrected chi connectivity index (χ1v) is 4.62. The van der Waals surface area contributed by atoms with Gasteiger partial charge < -0.3 is 10.1 Å². The third kappa shape index (κ3) is 1.89. The van der Waals surface area contributed by atoms with Gasteiger partial charge in [-0.15, -0.1) is 0 Å². The van der Waals surface area contributed by atoms with Gasteiger partial charge in [-0.3, -0.25) is 0 Å². The van der Waals surface area contributed by atoms with Crippen molar-refractivity contribution in [1.82, 2.24) is 9.97 Å². The van der Waals surface area contributed by atoms with Crippen LogP contribution in [0.15, 0.2) is 24.4 Å². The maximum atomic E-state index is 13.0. The lowest BCUT2D eigenvalue weighted by molar-refractivity contribution is 0.277. The number of aryl methyl sites for hydroxylation is 1. The maximum Gasteiger partial charge on any atom is 0.137 e. The molecule has 4 heteroatoms. The Hall–Kier alpha value is -1.68. The fourth-order valence-corrected chi connectivity index (χ4v) is 1.38. The zero-order valence-electron chi connectivity index (χ0n) is 8.29. The average Bonchev–Trinajstić information content (AvgIpc) is 2.70. The maximum absolute atomic E-state index is 13.0. The van der Waals surface area contributed by atoms with Crippen molar-refractivity contribution >= 4 is 0 Å². The summed E-state index contributed by atoms with van der Waals surface area (Å²) in [7, 11) is 0. The number of halogens is 1. The molecular formula is C11H11FN2O. The highest BCUT2D eigenvalue weighted by Crippen LogP contribution is 2.18. The number of nitrogens with one attached hydrogen (secondary N) is 1. The number of aliphatic hydroxyl groups excluding tert-OH is 1. The minimum atomic E-state index is -0.229. The van der Waals surface area contributed by atoms with E-state index in [2.05, 4.69) is 9.97 Å². The molecule has 0 aliphatic carbocycles. The Balaban J connectivity index is 2.40. The normalized spacial score (nSPS) is 10.6. The number of rotatable bonds is 2. The molecule has 3 nitrogen and oxygen atoms in total. The summed E-state index contributed by atoms with van der Waals surface area (Å²) in [5, 5.41) is 8.87. The SMILES string of the molecule is Cc1cc(-c2ncc(CO)[nH]2)ccc1F. The zero-order valence-corrected chi connectivity index (χ0v) is 8.29. The summed E-state index contributed by atoms with van der Waals surface area (Å²) in [5.41, 5.74) is 2.04. The summed E-state index contributed by atoms with van der Waals surface area (Å²) in [5.74, 6) is 0.412. The fraction of sp³-hybridized carbons (Fsp3) is 0.182. The molecule has 0 aliphatic heterocycles. The molecule has 1 heterocycles. The van der Waals surface area contributed by atoms with Gasteiger partial charge in [-0.05, 0) is 30.7 Å². The van der Waals surface area contributed by atoms with Crippen LogP contribution >= 0.6 is 0 Å². The molecule has 15 heavy (non-hydrogen) atoms. The van der Waals surface area contributed by atoms with Gasteiger partial charge in [0.2, 0.25) is 0 Å². The van der Waals surface area contributed by atoms with Gasteiger partial charge in [0, 0.05) is 5.56 Å². The van der Waals surface area contributed by atoms with Crippen LogP contribution in [0.5, 0.6) is 0 Å². The molecule has 0 radical (unpaired) electrons. The Labute approximate surface area is 86.6 Å². The summed E-state index contributed by atoms with van der Waals surface area (Å²) in [6.45, 7) is 1.63. The Morgan fingerprint density at radius 2 is 2.27 bits per heavy atom. The van der Waals surface area contributed by atoms with Gasteiger partial charge >= 0.3 is 0 Å². The Morgan fingerprint density at radius 1 is 1.47 bits per heavy atom. The second-order valence-corrected chi connectivity index (χ2v) is 3.38. The molecule has 2 aromatic rings. The van der Waals surface area contributed by atoms with Crippen molar-refractivity contribution in [2.45, 2.75) is 13.5 Å². The Morgan fingerprint density at radius 3 is 2.87 bits per heavy atom. The highest BCUT2D eigenvalue weighted by Gasteiger charge is 2.05. The molecule has 0 fully saturated rings. The van der Waals surface area contributed by atoms with Crippen LogP contribution in [0.1, 0.15) is 11.3 Å². The summed E-state index contributed by atoms with van der Waals surface area (Å²) in [6, 6.07) is 4.78. The fourth-order valence-electron chi connectivity index (χ4n) is 1.38. The van der Waals surface area contributed by atoms with E-state index < -0.39 is 0 Å². The molecule has 0 saturated carbocycles. The number of H-pyrrole nitrogens is 1. The number of aromatic amines is 1. The van der Waals surface area contributed by atoms with Crippen LogP contribution in [0.25, 0.3) is 11.4 Å². The van der Waals surface area contributed by atoms with Crippen molar-refractivity contribution in [3.8, 4) is 11.4 Å². The molecule has 78 valence electrons. The average molecular weight is 206 g/mol. The smallest absolute Gasteiger partial charge is 0.137 e. The standard InChI is InChI=1S/C11H11FN2O/c1-7-4-8(2-3-10(7)12)11-13-5-9(6-15)14-11/h2-5,15H,6H2,1H3,(H,13,14). The van der Waals surface area contributed by atoms with Crippen LogP contribution < -0.4 is 0 Å². The first-order valence-electron chi connectivity index (χ1n) is 4.62. The molecule has 1 aromatic carbocycles. The van der Waals surface area contributed by atoms with Crippen LogP contribution in [0, 0.1) is 12.7 Å². The molecule has 0 unspecified atom stereocenters. The summed E-state index contributed by atoms with van der Waals surface area (Å²) in [6.07, 6.45) is 1.56. The van der Waals surface area contributed by atoms with Gasteiger partial charge in [0.05, 0.1) is 18.5 Å². The molecule has 1 aromatic heterocycles. The minimum Gasteiger partial charge on any atom is -0.390 e. The number of imidazole rings is 1. The van der Waals surface area contributed by atoms with Crippen molar-refractivity contribution < 1.29 is 9.50 Å². The Bertz CT molecular complexity index is 479. The molecule has 0 spiro atoms. The second-order valence-electron chi connectivity index (χ2n) is 3.38. The van der Waals surface area contributed by atoms with Gasteiger partial charge in [-0.2, -0.15) is 0 Å². The van der Waals surface area contributed by atoms with Gasteiger partial charge in [-0.1, -0.05) is 0 Å². The Kier molecular flexibility index (Phi) is 2.51. The van der Waals surface area contributed by atoms with Gasteiger partial charge in [0.25, 0.3) is 0 Å². The molecule has 0 bridgehead atoms. The number of aromatic nitrogens is 2. The summed E-state index contributed by atoms with van der Waals surface area (Å²) >= 11 is 0. The molecule has 0 aliphatic rings. The van der Waals surface area contributed by atoms with Crippen LogP contribution in [0.2, 0.25) is 0 Å². The van der Waals surface area contributed by atoms with Crippen molar-refractivity contribution in [3.63, 3.8) is 0 Å². The molecule has 0 atom stereocenters. The predicted octanol–water partition coefficient (Wildman–Crippen LogP) is 2.02. The van der Waals surface area contributed by atoms with E-state index in [1.807, 2.05) is 0 Å². The van der Waals surface area contributed by atoms with Crippen LogP contribution in [0.4, 0.5) is 4.39 Å². The third-order valence-corrected chi connectivity index (χ3v) is 2.23.